The van der Waals surface area contributed by atoms with Crippen molar-refractivity contribution in [3.8, 4) is 0 Å². The molecule has 0 saturated carbocycles. The summed E-state index contributed by atoms with van der Waals surface area (Å²) in [4.78, 5) is 0. The molecule has 11 heavy (non-hydrogen) atoms. The maximum atomic E-state index is 7.66. The first-order chi connectivity index (χ1) is 6.14. The highest BCUT2D eigenvalue weighted by molar-refractivity contribution is 5.14. The van der Waals surface area contributed by atoms with Gasteiger partial charge in [0.15, 0.2) is 0 Å². The van der Waals surface area contributed by atoms with Gasteiger partial charge < -0.3 is 0 Å². The van der Waals surface area contributed by atoms with Crippen LogP contribution in [-0.2, 0) is 6.42 Å². The molecule has 1 aromatic carbocycles. The predicted octanol–water partition coefficient (Wildman–Crippen LogP) is 3.20. The Balaban J connectivity index is 2.63. The van der Waals surface area contributed by atoms with Crippen LogP contribution in [0.5, 0.6) is 0 Å². The van der Waals surface area contributed by atoms with Gasteiger partial charge in [0.2, 0.25) is 0 Å². The van der Waals surface area contributed by atoms with E-state index in [1.165, 1.54) is 0 Å². The highest BCUT2D eigenvalue weighted by Crippen LogP contribution is 2.03. The fourth-order valence-electron chi connectivity index (χ4n) is 0.914. The second-order valence-electron chi connectivity index (χ2n) is 2.41. The number of benzene rings is 1. The topological polar surface area (TPSA) is 0 Å². The van der Waals surface area contributed by atoms with E-state index < -0.39 is 6.37 Å². The summed E-state index contributed by atoms with van der Waals surface area (Å²) in [6.45, 7) is 3.55. The molecular formula is C11H14. The maximum Gasteiger partial charge on any atom is 0.0273 e. The second-order valence-corrected chi connectivity index (χ2v) is 2.41. The van der Waals surface area contributed by atoms with E-state index in [0.717, 1.165) is 5.56 Å². The van der Waals surface area contributed by atoms with Crippen molar-refractivity contribution in [3.63, 3.8) is 0 Å². The Labute approximate surface area is 71.4 Å². The molecule has 0 fully saturated rings. The first-order valence-corrected chi connectivity index (χ1v) is 3.79. The molecule has 0 bridgehead atoms. The van der Waals surface area contributed by atoms with E-state index >= 15 is 0 Å². The summed E-state index contributed by atoms with van der Waals surface area (Å²) in [7, 11) is 0. The fourth-order valence-corrected chi connectivity index (χ4v) is 0.914. The molecular weight excluding hydrogens is 132 g/mol. The lowest BCUT2D eigenvalue weighted by Gasteiger charge is -1.96. The van der Waals surface area contributed by atoms with Crippen LogP contribution in [0.3, 0.4) is 0 Å². The van der Waals surface area contributed by atoms with Crippen molar-refractivity contribution in [1.29, 1.82) is 0 Å². The molecule has 1 aromatic rings. The smallest absolute Gasteiger partial charge is 0.0273 e. The first-order valence-electron chi connectivity index (χ1n) is 4.79. The molecule has 0 aliphatic heterocycles. The van der Waals surface area contributed by atoms with Crippen LogP contribution < -0.4 is 0 Å². The zero-order chi connectivity index (χ0) is 9.73. The average Bonchev–Trinajstić information content (AvgIpc) is 2.04. The third kappa shape index (κ3) is 3.03. The number of aryl methyl sites for hydroxylation is 1. The Morgan fingerprint density at radius 2 is 2.09 bits per heavy atom. The average molecular weight is 148 g/mol. The van der Waals surface area contributed by atoms with E-state index in [2.05, 4.69) is 6.58 Å². The van der Waals surface area contributed by atoms with Gasteiger partial charge in [-0.3, -0.25) is 0 Å². The van der Waals surface area contributed by atoms with Crippen molar-refractivity contribution in [2.24, 2.45) is 0 Å². The summed E-state index contributed by atoms with van der Waals surface area (Å²) in [6, 6.07) is 9.69. The van der Waals surface area contributed by atoms with Crippen LogP contribution in [0.1, 0.15) is 21.1 Å². The van der Waals surface area contributed by atoms with Gasteiger partial charge in [-0.2, -0.15) is 0 Å². The van der Waals surface area contributed by atoms with E-state index in [-0.39, 0.29) is 0 Å². The van der Waals surface area contributed by atoms with Gasteiger partial charge in [0, 0.05) is 2.74 Å². The van der Waals surface area contributed by atoms with Crippen molar-refractivity contribution in [2.75, 3.05) is 0 Å². The monoisotopic (exact) mass is 148 g/mol. The summed E-state index contributed by atoms with van der Waals surface area (Å²) < 4.78 is 15.3. The van der Waals surface area contributed by atoms with Crippen LogP contribution in [-0.4, -0.2) is 0 Å². The summed E-state index contributed by atoms with van der Waals surface area (Å²) in [6.07, 6.45) is 1.33. The first kappa shape index (κ1) is 5.59. The molecule has 0 spiro atoms. The number of hydrogen-bond acceptors (Lipinski definition) is 0. The van der Waals surface area contributed by atoms with Gasteiger partial charge in [-0.25, -0.2) is 0 Å². The van der Waals surface area contributed by atoms with E-state index in [1.54, 1.807) is 6.08 Å². The van der Waals surface area contributed by atoms with E-state index in [1.807, 2.05) is 30.3 Å². The second kappa shape index (κ2) is 4.73. The third-order valence-electron chi connectivity index (χ3n) is 1.46. The number of hydrogen-bond donors (Lipinski definition) is 0. The van der Waals surface area contributed by atoms with Crippen molar-refractivity contribution < 1.29 is 2.74 Å². The molecule has 0 unspecified atom stereocenters. The molecule has 58 valence electrons. The molecule has 0 nitrogen and oxygen atoms in total. The Bertz CT molecular complexity index is 265. The molecule has 0 heterocycles. The normalized spacial score (nSPS) is 13.5. The molecule has 0 amide bonds. The summed E-state index contributed by atoms with van der Waals surface area (Å²) >= 11 is 0. The molecule has 1 rings (SSSR count). The molecule has 0 heteroatoms. The standard InChI is InChI=1S/C11H14/c1-2-3-5-8-11-9-6-4-7-10-11/h2,4,6-7,9-10H,1,3,5,8H2/i5D2. The molecule has 0 atom stereocenters. The van der Waals surface area contributed by atoms with Crippen molar-refractivity contribution in [3.05, 3.63) is 48.6 Å². The van der Waals surface area contributed by atoms with Crippen molar-refractivity contribution in [1.82, 2.24) is 0 Å². The Hall–Kier alpha value is -1.04. The summed E-state index contributed by atoms with van der Waals surface area (Å²) in [5.41, 5.74) is 1.04. The summed E-state index contributed by atoms with van der Waals surface area (Å²) in [5.74, 6) is 0. The Kier molecular flexibility index (Phi) is 2.40. The Morgan fingerprint density at radius 1 is 1.36 bits per heavy atom. The molecule has 0 saturated heterocycles. The van der Waals surface area contributed by atoms with Crippen LogP contribution >= 0.6 is 0 Å². The number of rotatable bonds is 4. The van der Waals surface area contributed by atoms with Gasteiger partial charge in [0.25, 0.3) is 0 Å². The third-order valence-corrected chi connectivity index (χ3v) is 1.46. The van der Waals surface area contributed by atoms with Crippen LogP contribution in [0, 0.1) is 0 Å². The molecule has 0 aromatic heterocycles. The SMILES string of the molecule is [2H]C([2H])(CC=C)Cc1ccccc1. The van der Waals surface area contributed by atoms with Gasteiger partial charge in [-0.15, -0.1) is 6.58 Å². The van der Waals surface area contributed by atoms with Gasteiger partial charge in [-0.1, -0.05) is 36.4 Å². The maximum absolute atomic E-state index is 7.66. The fraction of sp³-hybridized carbons (Fsp3) is 0.273. The Morgan fingerprint density at radius 3 is 2.73 bits per heavy atom. The minimum Gasteiger partial charge on any atom is -0.103 e. The lowest BCUT2D eigenvalue weighted by molar-refractivity contribution is 0.844. The highest BCUT2D eigenvalue weighted by atomic mass is 13.9. The lowest BCUT2D eigenvalue weighted by Crippen LogP contribution is -1.82. The molecule has 0 radical (unpaired) electrons. The van der Waals surface area contributed by atoms with E-state index in [9.17, 15) is 0 Å². The largest absolute Gasteiger partial charge is 0.103 e. The highest BCUT2D eigenvalue weighted by Gasteiger charge is 1.88. The minimum absolute atomic E-state index is 0.405. The van der Waals surface area contributed by atoms with Crippen LogP contribution in [0.25, 0.3) is 0 Å². The van der Waals surface area contributed by atoms with Gasteiger partial charge >= 0.3 is 0 Å². The zero-order valence-corrected chi connectivity index (χ0v) is 6.59. The van der Waals surface area contributed by atoms with Crippen LogP contribution in [0.2, 0.25) is 0 Å². The quantitative estimate of drug-likeness (QED) is 0.575. The van der Waals surface area contributed by atoms with Gasteiger partial charge in [-0.05, 0) is 24.8 Å². The summed E-state index contributed by atoms with van der Waals surface area (Å²) in [5, 5.41) is 0. The van der Waals surface area contributed by atoms with Crippen molar-refractivity contribution in [2.45, 2.75) is 19.2 Å². The van der Waals surface area contributed by atoms with Gasteiger partial charge in [0.1, 0.15) is 0 Å². The predicted molar refractivity (Wildman–Crippen MR) is 49.6 cm³/mol. The lowest BCUT2D eigenvalue weighted by atomic mass is 10.1. The van der Waals surface area contributed by atoms with Crippen LogP contribution in [0.4, 0.5) is 0 Å². The molecule has 0 aliphatic rings. The number of allylic oxidation sites excluding steroid dienone is 1. The van der Waals surface area contributed by atoms with Crippen LogP contribution in [0.15, 0.2) is 43.0 Å². The van der Waals surface area contributed by atoms with E-state index in [4.69, 9.17) is 2.74 Å². The van der Waals surface area contributed by atoms with E-state index in [0.29, 0.717) is 12.8 Å². The minimum atomic E-state index is -1.16. The molecule has 0 aliphatic carbocycles. The van der Waals surface area contributed by atoms with Gasteiger partial charge in [0.05, 0.1) is 0 Å². The zero-order valence-electron chi connectivity index (χ0n) is 8.59. The molecule has 0 N–H and O–H groups in total. The van der Waals surface area contributed by atoms with Crippen molar-refractivity contribution >= 4 is 0 Å².